The molecule has 8 heteroatoms. The average molecular weight is 634 g/mol. The van der Waals surface area contributed by atoms with E-state index >= 15 is 0 Å². The highest BCUT2D eigenvalue weighted by atomic mass is 32.2. The summed E-state index contributed by atoms with van der Waals surface area (Å²) in [7, 11) is 0. The first-order valence-electron chi connectivity index (χ1n) is 17.3. The maximum atomic E-state index is 10.7. The first kappa shape index (κ1) is 36.6. The summed E-state index contributed by atoms with van der Waals surface area (Å²) in [5, 5.41) is 21.3. The Hall–Kier alpha value is -2.91. The van der Waals surface area contributed by atoms with Gasteiger partial charge in [-0.1, -0.05) is 84.2 Å². The molecule has 2 atom stereocenters. The second kappa shape index (κ2) is 18.9. The van der Waals surface area contributed by atoms with Gasteiger partial charge in [0.1, 0.15) is 41.4 Å². The lowest BCUT2D eigenvalue weighted by molar-refractivity contribution is 0.0327. The summed E-state index contributed by atoms with van der Waals surface area (Å²) >= 11 is 1.61. The zero-order chi connectivity index (χ0) is 32.8. The number of nitrogens with zero attached hydrogens (tertiary/aromatic N) is 5. The van der Waals surface area contributed by atoms with Crippen molar-refractivity contribution >= 4 is 23.1 Å². The topological polar surface area (TPSA) is 75.8 Å². The van der Waals surface area contributed by atoms with Crippen LogP contribution < -0.4 is 14.4 Å². The molecule has 7 nitrogen and oxygen atoms in total. The van der Waals surface area contributed by atoms with Crippen LogP contribution in [0.1, 0.15) is 117 Å². The molecule has 45 heavy (non-hydrogen) atoms. The van der Waals surface area contributed by atoms with Crippen molar-refractivity contribution in [2.75, 3.05) is 37.6 Å². The predicted molar refractivity (Wildman–Crippen MR) is 187 cm³/mol. The van der Waals surface area contributed by atoms with Crippen LogP contribution in [-0.2, 0) is 0 Å². The highest BCUT2D eigenvalue weighted by molar-refractivity contribution is 7.99. The normalized spacial score (nSPS) is 13.6. The zero-order valence-electron chi connectivity index (χ0n) is 28.8. The number of benzene rings is 2. The van der Waals surface area contributed by atoms with Gasteiger partial charge in [0.25, 0.3) is 0 Å². The van der Waals surface area contributed by atoms with Crippen LogP contribution in [0.15, 0.2) is 34.1 Å². The molecule has 1 heterocycles. The molecule has 246 valence electrons. The number of anilines is 2. The summed E-state index contributed by atoms with van der Waals surface area (Å²) in [6, 6.07) is 13.1. The lowest BCUT2D eigenvalue weighted by Gasteiger charge is -2.38. The van der Waals surface area contributed by atoms with Crippen LogP contribution in [0.4, 0.5) is 11.4 Å². The minimum absolute atomic E-state index is 0.256. The Kier molecular flexibility index (Phi) is 15.4. The van der Waals surface area contributed by atoms with Crippen molar-refractivity contribution in [1.82, 2.24) is 9.80 Å². The highest BCUT2D eigenvalue weighted by Gasteiger charge is 2.36. The van der Waals surface area contributed by atoms with Crippen molar-refractivity contribution in [3.63, 3.8) is 0 Å². The molecule has 0 fully saturated rings. The molecular weight excluding hydrogens is 579 g/mol. The van der Waals surface area contributed by atoms with E-state index in [1.165, 1.54) is 0 Å². The van der Waals surface area contributed by atoms with E-state index in [-0.39, 0.29) is 23.6 Å². The predicted octanol–water partition coefficient (Wildman–Crippen LogP) is 9.70. The van der Waals surface area contributed by atoms with Gasteiger partial charge in [-0.05, 0) is 58.1 Å². The standard InChI is InChI=1S/C37H55N5O2S/c1-8-13-22-40(23-14-9-2)28(6)43-35-30(26-38)31(27-39)36(44-29(7)41(24-15-10-3)25-16-11-4)37-34(35)42(21-12-5)32-19-17-18-20-33(32)45-37/h17-20,28-29H,8-16,21-25H2,1-7H3. The Balaban J connectivity index is 2.24. The van der Waals surface area contributed by atoms with Gasteiger partial charge in [-0.2, -0.15) is 10.5 Å². The maximum Gasteiger partial charge on any atom is 0.165 e. The number of hydrogen-bond acceptors (Lipinski definition) is 8. The SMILES string of the molecule is CCCCN(CCCC)C(C)Oc1c(C#N)c(C#N)c(OC(C)N(CCCC)CCCC)c2c1Sc1ccccc1N2CCC. The molecule has 1 aliphatic rings. The van der Waals surface area contributed by atoms with E-state index in [1.807, 2.05) is 0 Å². The molecule has 2 aromatic rings. The third kappa shape index (κ3) is 9.09. The van der Waals surface area contributed by atoms with E-state index in [9.17, 15) is 10.5 Å². The molecule has 2 unspecified atom stereocenters. The van der Waals surface area contributed by atoms with E-state index in [0.29, 0.717) is 11.5 Å². The Morgan fingerprint density at radius 3 is 1.64 bits per heavy atom. The van der Waals surface area contributed by atoms with Crippen molar-refractivity contribution in [2.45, 2.75) is 129 Å². The number of hydrogen-bond donors (Lipinski definition) is 0. The summed E-state index contributed by atoms with van der Waals surface area (Å²) in [6.07, 6.45) is 9.09. The Morgan fingerprint density at radius 2 is 1.18 bits per heavy atom. The minimum atomic E-state index is -0.263. The smallest absolute Gasteiger partial charge is 0.165 e. The number of nitriles is 2. The Morgan fingerprint density at radius 1 is 0.711 bits per heavy atom. The van der Waals surface area contributed by atoms with Gasteiger partial charge in [0.15, 0.2) is 11.5 Å². The Labute approximate surface area is 277 Å². The molecule has 3 rings (SSSR count). The summed E-state index contributed by atoms with van der Waals surface area (Å²) in [5.74, 6) is 0.975. The van der Waals surface area contributed by atoms with Crippen LogP contribution in [0.5, 0.6) is 11.5 Å². The first-order chi connectivity index (χ1) is 21.9. The summed E-state index contributed by atoms with van der Waals surface area (Å²) < 4.78 is 13.7. The molecule has 0 saturated carbocycles. The number of rotatable bonds is 20. The molecule has 2 aromatic carbocycles. The molecule has 0 amide bonds. The molecule has 0 radical (unpaired) electrons. The maximum absolute atomic E-state index is 10.7. The fourth-order valence-electron chi connectivity index (χ4n) is 5.79. The van der Waals surface area contributed by atoms with Crippen LogP contribution in [-0.4, -0.2) is 55.0 Å². The number of ether oxygens (including phenoxy) is 2. The van der Waals surface area contributed by atoms with Gasteiger partial charge in [0.2, 0.25) is 0 Å². The van der Waals surface area contributed by atoms with E-state index < -0.39 is 0 Å². The molecule has 1 aliphatic heterocycles. The van der Waals surface area contributed by atoms with Gasteiger partial charge < -0.3 is 14.4 Å². The molecule has 0 N–H and O–H groups in total. The van der Waals surface area contributed by atoms with Crippen molar-refractivity contribution < 1.29 is 9.47 Å². The van der Waals surface area contributed by atoms with Gasteiger partial charge in [-0.15, -0.1) is 0 Å². The Bertz CT molecular complexity index is 1290. The molecule has 0 spiro atoms. The van der Waals surface area contributed by atoms with Gasteiger partial charge in [-0.3, -0.25) is 9.80 Å². The van der Waals surface area contributed by atoms with Crippen molar-refractivity contribution in [1.29, 1.82) is 10.5 Å². The van der Waals surface area contributed by atoms with E-state index in [4.69, 9.17) is 9.47 Å². The minimum Gasteiger partial charge on any atom is -0.473 e. The second-order valence-corrected chi connectivity index (χ2v) is 13.0. The van der Waals surface area contributed by atoms with Gasteiger partial charge in [0.05, 0.1) is 10.6 Å². The van der Waals surface area contributed by atoms with Crippen molar-refractivity contribution in [3.05, 3.63) is 35.4 Å². The summed E-state index contributed by atoms with van der Waals surface area (Å²) in [6.45, 7) is 19.6. The largest absolute Gasteiger partial charge is 0.473 e. The number of para-hydroxylation sites is 1. The summed E-state index contributed by atoms with van der Waals surface area (Å²) in [4.78, 5) is 8.96. The van der Waals surface area contributed by atoms with Gasteiger partial charge in [0, 0.05) is 37.6 Å². The van der Waals surface area contributed by atoms with Crippen LogP contribution in [0.25, 0.3) is 0 Å². The fraction of sp³-hybridized carbons (Fsp3) is 0.622. The lowest BCUT2D eigenvalue weighted by Crippen LogP contribution is -2.40. The number of unbranched alkanes of at least 4 members (excludes halogenated alkanes) is 4. The molecule has 0 aromatic heterocycles. The van der Waals surface area contributed by atoms with Crippen molar-refractivity contribution in [3.8, 4) is 23.6 Å². The van der Waals surface area contributed by atoms with Crippen LogP contribution in [0.2, 0.25) is 0 Å². The summed E-state index contributed by atoms with van der Waals surface area (Å²) in [5.41, 5.74) is 2.44. The number of fused-ring (bicyclic) bond motifs is 2. The molecule has 0 aliphatic carbocycles. The average Bonchev–Trinajstić information content (AvgIpc) is 3.05. The molecular formula is C37H55N5O2S. The van der Waals surface area contributed by atoms with E-state index in [1.54, 1.807) is 11.8 Å². The third-order valence-corrected chi connectivity index (χ3v) is 9.60. The zero-order valence-corrected chi connectivity index (χ0v) is 29.6. The lowest BCUT2D eigenvalue weighted by atomic mass is 10.0. The molecule has 0 saturated heterocycles. The van der Waals surface area contributed by atoms with Crippen LogP contribution in [0, 0.1) is 22.7 Å². The third-order valence-electron chi connectivity index (χ3n) is 8.45. The fourth-order valence-corrected chi connectivity index (χ4v) is 6.98. The van der Waals surface area contributed by atoms with E-state index in [0.717, 1.165) is 112 Å². The quantitative estimate of drug-likeness (QED) is 0.133. The van der Waals surface area contributed by atoms with Gasteiger partial charge >= 0.3 is 0 Å². The first-order valence-corrected chi connectivity index (χ1v) is 18.1. The van der Waals surface area contributed by atoms with Gasteiger partial charge in [-0.25, -0.2) is 0 Å². The second-order valence-electron chi connectivity index (χ2n) is 12.0. The van der Waals surface area contributed by atoms with Crippen LogP contribution in [0.3, 0.4) is 0 Å². The highest BCUT2D eigenvalue weighted by Crippen LogP contribution is 2.58. The van der Waals surface area contributed by atoms with Crippen molar-refractivity contribution in [2.24, 2.45) is 0 Å². The monoisotopic (exact) mass is 633 g/mol. The van der Waals surface area contributed by atoms with E-state index in [2.05, 4.69) is 99.6 Å². The van der Waals surface area contributed by atoms with Crippen LogP contribution >= 0.6 is 11.8 Å². The molecule has 0 bridgehead atoms.